The van der Waals surface area contributed by atoms with E-state index in [-0.39, 0.29) is 18.4 Å². The lowest BCUT2D eigenvalue weighted by Gasteiger charge is -2.34. The zero-order chi connectivity index (χ0) is 16.7. The molecule has 3 aliphatic rings. The van der Waals surface area contributed by atoms with Crippen molar-refractivity contribution in [2.24, 2.45) is 11.8 Å². The number of aryl methyl sites for hydroxylation is 1. The molecule has 0 aromatic heterocycles. The molecule has 0 aliphatic carbocycles. The molecule has 8 heteroatoms. The highest BCUT2D eigenvalue weighted by atomic mass is 35.5. The van der Waals surface area contributed by atoms with Crippen LogP contribution in [0.1, 0.15) is 17.2 Å². The first-order valence-electron chi connectivity index (χ1n) is 8.70. The van der Waals surface area contributed by atoms with Gasteiger partial charge in [0.2, 0.25) is 0 Å². The molecule has 6 nitrogen and oxygen atoms in total. The molecule has 1 aromatic rings. The van der Waals surface area contributed by atoms with Crippen molar-refractivity contribution in [3.8, 4) is 0 Å². The van der Waals surface area contributed by atoms with E-state index in [1.807, 2.05) is 12.1 Å². The average molecular weight is 388 g/mol. The molecule has 25 heavy (non-hydrogen) atoms. The Labute approximate surface area is 156 Å². The Morgan fingerprint density at radius 3 is 2.60 bits per heavy atom. The number of ether oxygens (including phenoxy) is 1. The molecule has 0 bridgehead atoms. The summed E-state index contributed by atoms with van der Waals surface area (Å²) in [5.41, 5.74) is 2.31. The summed E-state index contributed by atoms with van der Waals surface area (Å²) in [5, 5.41) is 3.44. The SMILES string of the molecule is Cc1ccccc1[C@@H]1[C@H]2CNC[C@H]2CN1S(=O)(=O)N1CCOCC1.Cl. The fourth-order valence-electron chi connectivity index (χ4n) is 4.35. The molecule has 3 atom stereocenters. The normalized spacial score (nSPS) is 30.8. The van der Waals surface area contributed by atoms with Crippen molar-refractivity contribution >= 4 is 22.6 Å². The Morgan fingerprint density at radius 2 is 1.88 bits per heavy atom. The van der Waals surface area contributed by atoms with Gasteiger partial charge in [0.05, 0.1) is 19.3 Å². The Balaban J connectivity index is 0.00000182. The number of benzene rings is 1. The van der Waals surface area contributed by atoms with Crippen LogP contribution >= 0.6 is 12.4 Å². The first-order chi connectivity index (χ1) is 11.6. The molecule has 3 heterocycles. The van der Waals surface area contributed by atoms with Gasteiger partial charge in [-0.15, -0.1) is 12.4 Å². The Hall–Kier alpha value is -0.700. The van der Waals surface area contributed by atoms with Crippen molar-refractivity contribution < 1.29 is 13.2 Å². The molecular formula is C17H26ClN3O3S. The summed E-state index contributed by atoms with van der Waals surface area (Å²) in [5.74, 6) is 0.743. The second-order valence-corrected chi connectivity index (χ2v) is 8.85. The highest BCUT2D eigenvalue weighted by Crippen LogP contribution is 2.45. The van der Waals surface area contributed by atoms with Crippen LogP contribution in [0.2, 0.25) is 0 Å². The second kappa shape index (κ2) is 7.50. The predicted molar refractivity (Wildman–Crippen MR) is 99.0 cm³/mol. The molecule has 0 saturated carbocycles. The minimum atomic E-state index is -3.46. The van der Waals surface area contributed by atoms with Gasteiger partial charge < -0.3 is 10.1 Å². The summed E-state index contributed by atoms with van der Waals surface area (Å²) in [6.45, 7) is 6.34. The monoisotopic (exact) mass is 387 g/mol. The maximum Gasteiger partial charge on any atom is 0.282 e. The number of nitrogens with one attached hydrogen (secondary N) is 1. The van der Waals surface area contributed by atoms with Crippen molar-refractivity contribution in [1.29, 1.82) is 0 Å². The minimum absolute atomic E-state index is 0. The van der Waals surface area contributed by atoms with E-state index in [0.717, 1.165) is 24.2 Å². The standard InChI is InChI=1S/C17H25N3O3S.ClH/c1-13-4-2-3-5-15(13)17-16-11-18-10-14(16)12-20(17)24(21,22)19-6-8-23-9-7-19;/h2-5,14,16-18H,6-12H2,1H3;1H/t14-,16-,17+;/m0./s1. The third-order valence-corrected chi connectivity index (χ3v) is 7.61. The quantitative estimate of drug-likeness (QED) is 0.846. The molecule has 3 aliphatic heterocycles. The summed E-state index contributed by atoms with van der Waals surface area (Å²) < 4.78 is 35.3. The van der Waals surface area contributed by atoms with Crippen LogP contribution in [0.25, 0.3) is 0 Å². The van der Waals surface area contributed by atoms with E-state index in [1.165, 1.54) is 0 Å². The summed E-state index contributed by atoms with van der Waals surface area (Å²) in [4.78, 5) is 0. The van der Waals surface area contributed by atoms with Gasteiger partial charge in [-0.3, -0.25) is 0 Å². The number of halogens is 1. The predicted octanol–water partition coefficient (Wildman–Crippen LogP) is 1.19. The van der Waals surface area contributed by atoms with Gasteiger partial charge in [0.1, 0.15) is 0 Å². The van der Waals surface area contributed by atoms with Gasteiger partial charge in [0.25, 0.3) is 10.2 Å². The van der Waals surface area contributed by atoms with Crippen molar-refractivity contribution in [2.45, 2.75) is 13.0 Å². The first-order valence-corrected chi connectivity index (χ1v) is 10.1. The fourth-order valence-corrected chi connectivity index (χ4v) is 6.19. The lowest BCUT2D eigenvalue weighted by atomic mass is 9.88. The summed E-state index contributed by atoms with van der Waals surface area (Å²) in [7, 11) is -3.46. The molecule has 140 valence electrons. The number of nitrogens with zero attached hydrogens (tertiary/aromatic N) is 2. The Morgan fingerprint density at radius 1 is 1.16 bits per heavy atom. The molecule has 0 radical (unpaired) electrons. The molecule has 0 amide bonds. The van der Waals surface area contributed by atoms with Crippen LogP contribution in [-0.4, -0.2) is 63.0 Å². The van der Waals surface area contributed by atoms with Gasteiger partial charge in [-0.05, 0) is 36.4 Å². The molecular weight excluding hydrogens is 362 g/mol. The number of hydrogen-bond donors (Lipinski definition) is 1. The lowest BCUT2D eigenvalue weighted by Crippen LogP contribution is -2.49. The van der Waals surface area contributed by atoms with E-state index in [1.54, 1.807) is 8.61 Å². The zero-order valence-corrected chi connectivity index (χ0v) is 16.1. The van der Waals surface area contributed by atoms with Crippen LogP contribution in [0.15, 0.2) is 24.3 Å². The van der Waals surface area contributed by atoms with Gasteiger partial charge in [0.15, 0.2) is 0 Å². The van der Waals surface area contributed by atoms with Crippen LogP contribution < -0.4 is 5.32 Å². The summed E-state index contributed by atoms with van der Waals surface area (Å²) in [6.07, 6.45) is 0. The van der Waals surface area contributed by atoms with E-state index in [4.69, 9.17) is 4.74 Å². The largest absolute Gasteiger partial charge is 0.379 e. The van der Waals surface area contributed by atoms with E-state index in [2.05, 4.69) is 24.4 Å². The summed E-state index contributed by atoms with van der Waals surface area (Å²) in [6, 6.07) is 8.11. The van der Waals surface area contributed by atoms with Crippen molar-refractivity contribution in [3.63, 3.8) is 0 Å². The van der Waals surface area contributed by atoms with E-state index in [9.17, 15) is 8.42 Å². The highest BCUT2D eigenvalue weighted by molar-refractivity contribution is 7.86. The highest BCUT2D eigenvalue weighted by Gasteiger charge is 2.51. The third-order valence-electron chi connectivity index (χ3n) is 5.62. The topological polar surface area (TPSA) is 61.9 Å². The number of morpholine rings is 1. The van der Waals surface area contributed by atoms with Gasteiger partial charge >= 0.3 is 0 Å². The van der Waals surface area contributed by atoms with Gasteiger partial charge in [0, 0.05) is 26.2 Å². The van der Waals surface area contributed by atoms with E-state index >= 15 is 0 Å². The minimum Gasteiger partial charge on any atom is -0.379 e. The van der Waals surface area contributed by atoms with Crippen LogP contribution in [-0.2, 0) is 14.9 Å². The van der Waals surface area contributed by atoms with Gasteiger partial charge in [-0.1, -0.05) is 24.3 Å². The molecule has 1 N–H and O–H groups in total. The third kappa shape index (κ3) is 3.34. The summed E-state index contributed by atoms with van der Waals surface area (Å²) >= 11 is 0. The maximum absolute atomic E-state index is 13.3. The molecule has 3 fully saturated rings. The molecule has 4 rings (SSSR count). The van der Waals surface area contributed by atoms with E-state index < -0.39 is 10.2 Å². The molecule has 0 spiro atoms. The molecule has 3 saturated heterocycles. The van der Waals surface area contributed by atoms with Crippen LogP contribution in [0.3, 0.4) is 0 Å². The first kappa shape index (κ1) is 19.1. The van der Waals surface area contributed by atoms with Gasteiger partial charge in [-0.2, -0.15) is 17.0 Å². The maximum atomic E-state index is 13.3. The van der Waals surface area contributed by atoms with Crippen LogP contribution in [0.5, 0.6) is 0 Å². The van der Waals surface area contributed by atoms with E-state index in [0.29, 0.717) is 44.7 Å². The lowest BCUT2D eigenvalue weighted by molar-refractivity contribution is 0.0696. The number of fused-ring (bicyclic) bond motifs is 1. The number of hydrogen-bond acceptors (Lipinski definition) is 4. The Bertz CT molecular complexity index is 709. The van der Waals surface area contributed by atoms with Crippen LogP contribution in [0, 0.1) is 18.8 Å². The van der Waals surface area contributed by atoms with Crippen molar-refractivity contribution in [2.75, 3.05) is 45.9 Å². The molecule has 1 aromatic carbocycles. The average Bonchev–Trinajstić information content (AvgIpc) is 3.18. The second-order valence-electron chi connectivity index (χ2n) is 6.97. The molecule has 0 unspecified atom stereocenters. The smallest absolute Gasteiger partial charge is 0.282 e. The van der Waals surface area contributed by atoms with Crippen molar-refractivity contribution in [3.05, 3.63) is 35.4 Å². The van der Waals surface area contributed by atoms with Crippen molar-refractivity contribution in [1.82, 2.24) is 13.9 Å². The van der Waals surface area contributed by atoms with Crippen LogP contribution in [0.4, 0.5) is 0 Å². The fraction of sp³-hybridized carbons (Fsp3) is 0.647. The van der Waals surface area contributed by atoms with Gasteiger partial charge in [-0.25, -0.2) is 0 Å². The zero-order valence-electron chi connectivity index (χ0n) is 14.4. The number of rotatable bonds is 3. The Kier molecular flexibility index (Phi) is 5.72.